The van der Waals surface area contributed by atoms with Crippen molar-refractivity contribution < 1.29 is 12.8 Å². The summed E-state index contributed by atoms with van der Waals surface area (Å²) >= 11 is 0. The third-order valence-electron chi connectivity index (χ3n) is 3.84. The van der Waals surface area contributed by atoms with Gasteiger partial charge in [-0.1, -0.05) is 42.5 Å². The van der Waals surface area contributed by atoms with Gasteiger partial charge in [0.2, 0.25) is 10.0 Å². The Balaban J connectivity index is 1.65. The molecule has 130 valence electrons. The second-order valence-electron chi connectivity index (χ2n) is 5.82. The Bertz CT molecular complexity index is 937. The summed E-state index contributed by atoms with van der Waals surface area (Å²) in [6, 6.07) is 19.1. The molecule has 0 aliphatic rings. The zero-order valence-electron chi connectivity index (χ0n) is 13.6. The van der Waals surface area contributed by atoms with Crippen LogP contribution in [0.5, 0.6) is 0 Å². The predicted molar refractivity (Wildman–Crippen MR) is 95.8 cm³/mol. The number of halogens is 1. The normalized spacial score (nSPS) is 11.6. The first-order valence-electron chi connectivity index (χ1n) is 7.91. The summed E-state index contributed by atoms with van der Waals surface area (Å²) in [5.74, 6) is -0.340. The van der Waals surface area contributed by atoms with Crippen LogP contribution in [-0.2, 0) is 28.9 Å². The van der Waals surface area contributed by atoms with Gasteiger partial charge in [-0.2, -0.15) is 0 Å². The maximum atomic E-state index is 13.3. The van der Waals surface area contributed by atoms with Crippen molar-refractivity contribution in [2.45, 2.75) is 18.8 Å². The van der Waals surface area contributed by atoms with Gasteiger partial charge in [-0.3, -0.25) is 0 Å². The molecule has 0 saturated heterocycles. The monoisotopic (exact) mass is 358 g/mol. The van der Waals surface area contributed by atoms with Crippen molar-refractivity contribution in [3.8, 4) is 0 Å². The van der Waals surface area contributed by atoms with E-state index in [1.807, 2.05) is 47.2 Å². The molecule has 0 radical (unpaired) electrons. The minimum Gasteiger partial charge on any atom is -0.346 e. The predicted octanol–water partition coefficient (Wildman–Crippen LogP) is 3.30. The summed E-state index contributed by atoms with van der Waals surface area (Å²) in [5, 5.41) is 0. The van der Waals surface area contributed by atoms with E-state index in [0.29, 0.717) is 6.54 Å². The molecule has 1 heterocycles. The average Bonchev–Trinajstić information content (AvgIpc) is 3.01. The van der Waals surface area contributed by atoms with Crippen molar-refractivity contribution in [3.63, 3.8) is 0 Å². The number of hydrogen-bond donors (Lipinski definition) is 1. The van der Waals surface area contributed by atoms with Crippen molar-refractivity contribution in [3.05, 3.63) is 95.6 Å². The SMILES string of the molecule is O=S(=O)(Cc1ccccc1)NCc1cccn1Cc1cccc(F)c1. The van der Waals surface area contributed by atoms with Crippen LogP contribution in [0.1, 0.15) is 16.8 Å². The van der Waals surface area contributed by atoms with E-state index in [4.69, 9.17) is 0 Å². The van der Waals surface area contributed by atoms with Gasteiger partial charge in [0.05, 0.1) is 12.3 Å². The molecule has 6 heteroatoms. The molecular formula is C19H19FN2O2S. The first kappa shape index (κ1) is 17.4. The Kier molecular flexibility index (Phi) is 5.31. The van der Waals surface area contributed by atoms with Gasteiger partial charge in [0.15, 0.2) is 0 Å². The van der Waals surface area contributed by atoms with Crippen LogP contribution in [0.3, 0.4) is 0 Å². The molecule has 25 heavy (non-hydrogen) atoms. The number of nitrogens with zero attached hydrogens (tertiary/aromatic N) is 1. The van der Waals surface area contributed by atoms with Crippen LogP contribution in [0.4, 0.5) is 4.39 Å². The first-order chi connectivity index (χ1) is 12.0. The van der Waals surface area contributed by atoms with E-state index < -0.39 is 10.0 Å². The fourth-order valence-corrected chi connectivity index (χ4v) is 3.73. The largest absolute Gasteiger partial charge is 0.346 e. The van der Waals surface area contributed by atoms with Crippen LogP contribution < -0.4 is 4.72 Å². The minimum absolute atomic E-state index is 0.0571. The zero-order chi connectivity index (χ0) is 17.7. The van der Waals surface area contributed by atoms with Gasteiger partial charge in [-0.25, -0.2) is 17.5 Å². The topological polar surface area (TPSA) is 51.1 Å². The van der Waals surface area contributed by atoms with Gasteiger partial charge >= 0.3 is 0 Å². The Hall–Kier alpha value is -2.44. The highest BCUT2D eigenvalue weighted by atomic mass is 32.2. The third-order valence-corrected chi connectivity index (χ3v) is 5.14. The number of hydrogen-bond acceptors (Lipinski definition) is 2. The molecule has 0 unspecified atom stereocenters. The second-order valence-corrected chi connectivity index (χ2v) is 7.63. The van der Waals surface area contributed by atoms with Crippen molar-refractivity contribution in [1.82, 2.24) is 9.29 Å². The van der Waals surface area contributed by atoms with Crippen molar-refractivity contribution in [2.75, 3.05) is 0 Å². The lowest BCUT2D eigenvalue weighted by molar-refractivity contribution is 0.577. The summed E-state index contributed by atoms with van der Waals surface area (Å²) in [5.41, 5.74) is 2.38. The summed E-state index contributed by atoms with van der Waals surface area (Å²) in [4.78, 5) is 0. The Morgan fingerprint density at radius 2 is 1.68 bits per heavy atom. The molecule has 2 aromatic carbocycles. The van der Waals surface area contributed by atoms with E-state index in [-0.39, 0.29) is 18.1 Å². The zero-order valence-corrected chi connectivity index (χ0v) is 14.4. The molecule has 0 bridgehead atoms. The Labute approximate surface area is 147 Å². The van der Waals surface area contributed by atoms with E-state index in [1.54, 1.807) is 18.2 Å². The molecule has 0 saturated carbocycles. The number of nitrogens with one attached hydrogen (secondary N) is 1. The van der Waals surface area contributed by atoms with Crippen LogP contribution in [0.25, 0.3) is 0 Å². The van der Waals surface area contributed by atoms with E-state index in [9.17, 15) is 12.8 Å². The fraction of sp³-hybridized carbons (Fsp3) is 0.158. The summed E-state index contributed by atoms with van der Waals surface area (Å²) in [6.07, 6.45) is 1.85. The minimum atomic E-state index is -3.43. The lowest BCUT2D eigenvalue weighted by Gasteiger charge is -2.11. The molecule has 0 atom stereocenters. The molecule has 4 nitrogen and oxygen atoms in total. The van der Waals surface area contributed by atoms with Crippen LogP contribution in [0, 0.1) is 5.82 Å². The molecule has 3 rings (SSSR count). The fourth-order valence-electron chi connectivity index (χ4n) is 2.62. The molecule has 0 spiro atoms. The lowest BCUT2D eigenvalue weighted by Crippen LogP contribution is -2.26. The van der Waals surface area contributed by atoms with Crippen LogP contribution in [-0.4, -0.2) is 13.0 Å². The highest BCUT2D eigenvalue weighted by Crippen LogP contribution is 2.11. The lowest BCUT2D eigenvalue weighted by atomic mass is 10.2. The molecule has 0 aliphatic heterocycles. The van der Waals surface area contributed by atoms with Gasteiger partial charge in [0.25, 0.3) is 0 Å². The molecule has 0 aliphatic carbocycles. The number of aromatic nitrogens is 1. The quantitative estimate of drug-likeness (QED) is 0.705. The number of rotatable bonds is 7. The molecule has 1 N–H and O–H groups in total. The molecule has 1 aromatic heterocycles. The van der Waals surface area contributed by atoms with E-state index in [1.165, 1.54) is 12.1 Å². The summed E-state index contributed by atoms with van der Waals surface area (Å²) in [6.45, 7) is 0.679. The smallest absolute Gasteiger partial charge is 0.216 e. The summed E-state index contributed by atoms with van der Waals surface area (Å²) < 4.78 is 42.3. The van der Waals surface area contributed by atoms with E-state index in [2.05, 4.69) is 4.72 Å². The van der Waals surface area contributed by atoms with Gasteiger partial charge < -0.3 is 4.57 Å². The van der Waals surface area contributed by atoms with E-state index >= 15 is 0 Å². The van der Waals surface area contributed by atoms with Crippen LogP contribution >= 0.6 is 0 Å². The summed E-state index contributed by atoms with van der Waals surface area (Å²) in [7, 11) is -3.43. The molecule has 0 fully saturated rings. The standard InChI is InChI=1S/C19H19FN2O2S/c20-18-9-4-8-17(12-18)14-22-11-5-10-19(22)13-21-25(23,24)15-16-6-2-1-3-7-16/h1-12,21H,13-15H2. The van der Waals surface area contributed by atoms with Crippen LogP contribution in [0.2, 0.25) is 0 Å². The number of benzene rings is 2. The van der Waals surface area contributed by atoms with Crippen molar-refractivity contribution >= 4 is 10.0 Å². The van der Waals surface area contributed by atoms with Gasteiger partial charge in [-0.15, -0.1) is 0 Å². The highest BCUT2D eigenvalue weighted by Gasteiger charge is 2.12. The first-order valence-corrected chi connectivity index (χ1v) is 9.57. The van der Waals surface area contributed by atoms with Crippen molar-refractivity contribution in [1.29, 1.82) is 0 Å². The van der Waals surface area contributed by atoms with E-state index in [0.717, 1.165) is 16.8 Å². The van der Waals surface area contributed by atoms with Crippen LogP contribution in [0.15, 0.2) is 72.9 Å². The van der Waals surface area contributed by atoms with Gasteiger partial charge in [-0.05, 0) is 35.4 Å². The highest BCUT2D eigenvalue weighted by molar-refractivity contribution is 7.88. The molecule has 3 aromatic rings. The van der Waals surface area contributed by atoms with Gasteiger partial charge in [0.1, 0.15) is 5.82 Å². The molecule has 0 amide bonds. The van der Waals surface area contributed by atoms with Gasteiger partial charge in [0, 0.05) is 18.4 Å². The molecular weight excluding hydrogens is 339 g/mol. The maximum Gasteiger partial charge on any atom is 0.216 e. The second kappa shape index (κ2) is 7.63. The van der Waals surface area contributed by atoms with Crippen molar-refractivity contribution in [2.24, 2.45) is 0 Å². The Morgan fingerprint density at radius 3 is 2.44 bits per heavy atom. The average molecular weight is 358 g/mol. The third kappa shape index (κ3) is 5.01. The Morgan fingerprint density at radius 1 is 0.920 bits per heavy atom. The maximum absolute atomic E-state index is 13.3. The number of sulfonamides is 1.